The third-order valence-electron chi connectivity index (χ3n) is 5.72. The third-order valence-corrected chi connectivity index (χ3v) is 6.83. The summed E-state index contributed by atoms with van der Waals surface area (Å²) in [5.74, 6) is 6.20. The predicted molar refractivity (Wildman–Crippen MR) is 144 cm³/mol. The molecule has 0 aliphatic heterocycles. The van der Waals surface area contributed by atoms with E-state index in [0.717, 1.165) is 45.2 Å². The average molecular weight is 739 g/mol. The summed E-state index contributed by atoms with van der Waals surface area (Å²) in [5, 5.41) is 27.8. The Morgan fingerprint density at radius 2 is 0.950 bits per heavy atom. The summed E-state index contributed by atoms with van der Waals surface area (Å²) in [6.07, 6.45) is 0. The maximum absolute atomic E-state index is 8.98. The van der Waals surface area contributed by atoms with E-state index in [1.807, 2.05) is 50.2 Å². The third kappa shape index (κ3) is 11.3. The van der Waals surface area contributed by atoms with Crippen molar-refractivity contribution in [3.05, 3.63) is 94.6 Å². The molecule has 40 heavy (non-hydrogen) atoms. The SMILES string of the molecule is CC(C)(c1ccc(CBr)o1)c1ccc(CBr)o1.CC(C)(c1ccc(CO)o1)c1ccc(CO)o1.O=CO[O-].[H-].[K+].[K+]. The fraction of sp³-hybridized carbons (Fsp3) is 0.370. The van der Waals surface area contributed by atoms with Crippen molar-refractivity contribution in [3.8, 4) is 0 Å². The molecule has 0 fully saturated rings. The molecule has 210 valence electrons. The van der Waals surface area contributed by atoms with Gasteiger partial charge in [-0.05, 0) is 76.2 Å². The van der Waals surface area contributed by atoms with Crippen LogP contribution in [0.4, 0.5) is 0 Å². The molecule has 0 amide bonds. The van der Waals surface area contributed by atoms with Crippen molar-refractivity contribution >= 4 is 38.3 Å². The van der Waals surface area contributed by atoms with E-state index in [-0.39, 0.29) is 129 Å². The summed E-state index contributed by atoms with van der Waals surface area (Å²) in [5.41, 5.74) is -0.679. The number of hydrogen-bond acceptors (Lipinski definition) is 9. The van der Waals surface area contributed by atoms with Crippen LogP contribution < -0.4 is 108 Å². The van der Waals surface area contributed by atoms with Crippen LogP contribution in [0.2, 0.25) is 0 Å². The standard InChI is InChI=1S/C13H14Br2O2.C13H16O4.CH2O3.2K.H/c2*1-13(2,11-5-3-9(7-14)16-11)12-6-4-10(8-15)17-12;2-1-4-3;;;/h3-6H,7-8H2,1-2H3;3-6,14-15H,7-8H2,1-2H3;1,3H;;;/q;;;2*+1;-1/p-1. The zero-order chi connectivity index (χ0) is 28.3. The molecule has 0 aromatic carbocycles. The monoisotopic (exact) mass is 736 g/mol. The Bertz CT molecular complexity index is 1080. The molecule has 0 aliphatic carbocycles. The Morgan fingerprint density at radius 3 is 1.12 bits per heavy atom. The topological polar surface area (TPSA) is 142 Å². The van der Waals surface area contributed by atoms with E-state index in [0.29, 0.717) is 11.5 Å². The molecule has 13 heteroatoms. The van der Waals surface area contributed by atoms with Gasteiger partial charge in [-0.15, -0.1) is 0 Å². The summed E-state index contributed by atoms with van der Waals surface area (Å²) in [6, 6.07) is 15.1. The van der Waals surface area contributed by atoms with Crippen molar-refractivity contribution in [1.29, 1.82) is 0 Å². The van der Waals surface area contributed by atoms with E-state index in [9.17, 15) is 0 Å². The normalized spacial score (nSPS) is 10.7. The Labute approximate surface area is 336 Å². The van der Waals surface area contributed by atoms with Crippen LogP contribution >= 0.6 is 31.9 Å². The molecule has 4 heterocycles. The van der Waals surface area contributed by atoms with Gasteiger partial charge >= 0.3 is 103 Å². The van der Waals surface area contributed by atoms with Crippen LogP contribution in [0.15, 0.2) is 66.2 Å². The fourth-order valence-electron chi connectivity index (χ4n) is 3.41. The zero-order valence-electron chi connectivity index (χ0n) is 24.5. The molecule has 4 aromatic heterocycles. The summed E-state index contributed by atoms with van der Waals surface area (Å²) < 4.78 is 22.6. The summed E-state index contributed by atoms with van der Waals surface area (Å²) in [6.45, 7) is 7.72. The first-order chi connectivity index (χ1) is 18.1. The van der Waals surface area contributed by atoms with Gasteiger partial charge in [0.1, 0.15) is 59.3 Å². The van der Waals surface area contributed by atoms with E-state index < -0.39 is 5.41 Å². The largest absolute Gasteiger partial charge is 1.00 e. The van der Waals surface area contributed by atoms with E-state index in [1.165, 1.54) is 0 Å². The van der Waals surface area contributed by atoms with Gasteiger partial charge in [0.2, 0.25) is 0 Å². The first-order valence-electron chi connectivity index (χ1n) is 11.5. The summed E-state index contributed by atoms with van der Waals surface area (Å²) in [4.78, 5) is 11.2. The molecule has 0 atom stereocenters. The first kappa shape index (κ1) is 40.7. The number of aliphatic hydroxyl groups excluding tert-OH is 2. The molecule has 0 spiro atoms. The number of carbonyl (C=O) groups is 1. The molecule has 0 radical (unpaired) electrons. The van der Waals surface area contributed by atoms with E-state index in [1.54, 1.807) is 12.1 Å². The maximum Gasteiger partial charge on any atom is 1.00 e. The van der Waals surface area contributed by atoms with Gasteiger partial charge in [0.25, 0.3) is 6.47 Å². The molecule has 0 saturated carbocycles. The fourth-order valence-corrected chi connectivity index (χ4v) is 4.01. The van der Waals surface area contributed by atoms with Crippen LogP contribution in [-0.4, -0.2) is 16.7 Å². The maximum atomic E-state index is 8.98. The zero-order valence-corrected chi connectivity index (χ0v) is 33.0. The second-order valence-electron chi connectivity index (χ2n) is 9.09. The molecule has 0 bridgehead atoms. The number of alkyl halides is 2. The van der Waals surface area contributed by atoms with Crippen molar-refractivity contribution in [3.63, 3.8) is 0 Å². The Morgan fingerprint density at radius 1 is 0.700 bits per heavy atom. The molecular weight excluding hydrogens is 706 g/mol. The molecule has 4 aromatic rings. The van der Waals surface area contributed by atoms with Crippen molar-refractivity contribution in [1.82, 2.24) is 0 Å². The quantitative estimate of drug-likeness (QED) is 0.0781. The molecule has 0 unspecified atom stereocenters. The second-order valence-corrected chi connectivity index (χ2v) is 10.2. The van der Waals surface area contributed by atoms with Crippen LogP contribution in [0.25, 0.3) is 0 Å². The van der Waals surface area contributed by atoms with Crippen LogP contribution in [0.5, 0.6) is 0 Å². The molecule has 0 saturated heterocycles. The number of furan rings is 4. The molecule has 0 aliphatic rings. The van der Waals surface area contributed by atoms with E-state index in [2.05, 4.69) is 50.6 Å². The number of rotatable bonds is 9. The van der Waals surface area contributed by atoms with Gasteiger partial charge in [0, 0.05) is 0 Å². The Balaban J connectivity index is 0. The van der Waals surface area contributed by atoms with E-state index >= 15 is 0 Å². The number of aliphatic hydroxyl groups is 2. The molecule has 2 N–H and O–H groups in total. The number of halogens is 2. The Hall–Kier alpha value is 0.703. The Kier molecular flexibility index (Phi) is 20.2. The number of carbonyl (C=O) groups excluding carboxylic acids is 1. The van der Waals surface area contributed by atoms with Crippen molar-refractivity contribution in [2.75, 3.05) is 0 Å². The van der Waals surface area contributed by atoms with Crippen LogP contribution in [0.1, 0.15) is 75.2 Å². The predicted octanol–water partition coefficient (Wildman–Crippen LogP) is -0.273. The van der Waals surface area contributed by atoms with Gasteiger partial charge in [0.15, 0.2) is 0 Å². The number of hydrogen-bond donors (Lipinski definition) is 2. The average Bonchev–Trinajstić information content (AvgIpc) is 3.74. The second kappa shape index (κ2) is 19.9. The minimum absolute atomic E-state index is 0. The molecular formula is C27H32Br2K2O9. The first-order valence-corrected chi connectivity index (χ1v) is 13.7. The minimum atomic E-state index is -0.430. The van der Waals surface area contributed by atoms with Crippen LogP contribution in [-0.2, 0) is 44.4 Å². The van der Waals surface area contributed by atoms with Gasteiger partial charge in [0.05, 0.1) is 21.5 Å². The molecule has 4 rings (SSSR count). The van der Waals surface area contributed by atoms with Crippen molar-refractivity contribution < 1.29 is 147 Å². The van der Waals surface area contributed by atoms with E-state index in [4.69, 9.17) is 37.9 Å². The van der Waals surface area contributed by atoms with Gasteiger partial charge in [-0.25, -0.2) is 0 Å². The minimum Gasteiger partial charge on any atom is -1.00 e. The van der Waals surface area contributed by atoms with Crippen molar-refractivity contribution in [2.45, 2.75) is 62.4 Å². The van der Waals surface area contributed by atoms with Crippen LogP contribution in [0, 0.1) is 0 Å². The van der Waals surface area contributed by atoms with Crippen molar-refractivity contribution in [2.24, 2.45) is 0 Å². The van der Waals surface area contributed by atoms with Gasteiger partial charge in [-0.1, -0.05) is 31.9 Å². The smallest absolute Gasteiger partial charge is 1.00 e. The summed E-state index contributed by atoms with van der Waals surface area (Å²) in [7, 11) is 0. The van der Waals surface area contributed by atoms with Gasteiger partial charge in [-0.3, -0.25) is 4.79 Å². The van der Waals surface area contributed by atoms with Gasteiger partial charge in [-0.2, -0.15) is 0 Å². The summed E-state index contributed by atoms with van der Waals surface area (Å²) >= 11 is 6.77. The van der Waals surface area contributed by atoms with Gasteiger partial charge < -0.3 is 39.5 Å². The molecule has 9 nitrogen and oxygen atoms in total. The van der Waals surface area contributed by atoms with Crippen LogP contribution in [0.3, 0.4) is 0 Å².